The van der Waals surface area contributed by atoms with E-state index >= 15 is 0 Å². The van der Waals surface area contributed by atoms with Crippen LogP contribution in [0.3, 0.4) is 0 Å². The summed E-state index contributed by atoms with van der Waals surface area (Å²) in [5, 5.41) is 10.1. The summed E-state index contributed by atoms with van der Waals surface area (Å²) in [5.41, 5.74) is -1.47. The Labute approximate surface area is 118 Å². The standard InChI is InChI=1S/C13H20N4O3/c1-13(19,11(18)20-2)10-16-6-8-17(9-7-16)12-14-4-3-5-15-12/h3-5,19H,6-10H2,1-2H3. The molecule has 0 saturated carbocycles. The van der Waals surface area contributed by atoms with Gasteiger partial charge in [-0.25, -0.2) is 14.8 Å². The summed E-state index contributed by atoms with van der Waals surface area (Å²) in [5.74, 6) is 0.109. The lowest BCUT2D eigenvalue weighted by molar-refractivity contribution is -0.162. The van der Waals surface area contributed by atoms with Crippen molar-refractivity contribution >= 4 is 11.9 Å². The monoisotopic (exact) mass is 280 g/mol. The number of hydrogen-bond donors (Lipinski definition) is 1. The number of aliphatic hydroxyl groups is 1. The van der Waals surface area contributed by atoms with Crippen LogP contribution in [-0.2, 0) is 9.53 Å². The number of anilines is 1. The lowest BCUT2D eigenvalue weighted by Crippen LogP contribution is -2.54. The maximum atomic E-state index is 11.5. The van der Waals surface area contributed by atoms with Gasteiger partial charge in [-0.15, -0.1) is 0 Å². The third-order valence-electron chi connectivity index (χ3n) is 3.36. The van der Waals surface area contributed by atoms with Crippen LogP contribution in [0.5, 0.6) is 0 Å². The van der Waals surface area contributed by atoms with Crippen LogP contribution < -0.4 is 4.90 Å². The predicted molar refractivity (Wildman–Crippen MR) is 73.3 cm³/mol. The van der Waals surface area contributed by atoms with Gasteiger partial charge in [-0.05, 0) is 13.0 Å². The Morgan fingerprint density at radius 1 is 1.35 bits per heavy atom. The number of esters is 1. The summed E-state index contributed by atoms with van der Waals surface area (Å²) < 4.78 is 4.60. The van der Waals surface area contributed by atoms with Crippen LogP contribution in [0.4, 0.5) is 5.95 Å². The van der Waals surface area contributed by atoms with Gasteiger partial charge in [0.25, 0.3) is 0 Å². The molecule has 1 aliphatic heterocycles. The molecule has 1 fully saturated rings. The second-order valence-electron chi connectivity index (χ2n) is 5.08. The Hall–Kier alpha value is -1.73. The average molecular weight is 280 g/mol. The van der Waals surface area contributed by atoms with Gasteiger partial charge in [0.2, 0.25) is 5.95 Å². The molecule has 2 heterocycles. The molecule has 0 bridgehead atoms. The molecular formula is C13H20N4O3. The normalized spacial score (nSPS) is 19.4. The first-order valence-corrected chi connectivity index (χ1v) is 6.58. The van der Waals surface area contributed by atoms with Crippen molar-refractivity contribution < 1.29 is 14.6 Å². The molecular weight excluding hydrogens is 260 g/mol. The molecule has 1 saturated heterocycles. The minimum absolute atomic E-state index is 0.267. The number of aromatic nitrogens is 2. The van der Waals surface area contributed by atoms with Gasteiger partial charge in [0.15, 0.2) is 5.60 Å². The van der Waals surface area contributed by atoms with Gasteiger partial charge in [-0.2, -0.15) is 0 Å². The number of nitrogens with zero attached hydrogens (tertiary/aromatic N) is 4. The van der Waals surface area contributed by atoms with Gasteiger partial charge in [-0.3, -0.25) is 4.90 Å². The number of hydrogen-bond acceptors (Lipinski definition) is 7. The van der Waals surface area contributed by atoms with Crippen LogP contribution >= 0.6 is 0 Å². The molecule has 1 aromatic rings. The fourth-order valence-electron chi connectivity index (χ4n) is 2.28. The molecule has 0 spiro atoms. The van der Waals surface area contributed by atoms with E-state index in [1.807, 2.05) is 4.90 Å². The van der Waals surface area contributed by atoms with Crippen LogP contribution in [0.15, 0.2) is 18.5 Å². The maximum absolute atomic E-state index is 11.5. The smallest absolute Gasteiger partial charge is 0.338 e. The molecule has 7 heteroatoms. The van der Waals surface area contributed by atoms with Gasteiger partial charge < -0.3 is 14.7 Å². The van der Waals surface area contributed by atoms with E-state index in [0.717, 1.165) is 26.2 Å². The van der Waals surface area contributed by atoms with Crippen LogP contribution in [0.25, 0.3) is 0 Å². The highest BCUT2D eigenvalue weighted by molar-refractivity contribution is 5.78. The van der Waals surface area contributed by atoms with Gasteiger partial charge >= 0.3 is 5.97 Å². The molecule has 110 valence electrons. The lowest BCUT2D eigenvalue weighted by atomic mass is 10.1. The molecule has 2 rings (SSSR count). The minimum atomic E-state index is -1.47. The van der Waals surface area contributed by atoms with Crippen molar-refractivity contribution in [2.75, 3.05) is 44.7 Å². The number of β-amino-alcohol motifs (C(OH)–C–C–N with tert-alkyl or cyclic N) is 1. The zero-order valence-corrected chi connectivity index (χ0v) is 11.8. The highest BCUT2D eigenvalue weighted by Crippen LogP contribution is 2.13. The number of rotatable bonds is 4. The van der Waals surface area contributed by atoms with Gasteiger partial charge in [0.1, 0.15) is 0 Å². The third-order valence-corrected chi connectivity index (χ3v) is 3.36. The Kier molecular flexibility index (Phi) is 4.51. The Bertz CT molecular complexity index is 444. The molecule has 1 unspecified atom stereocenters. The Balaban J connectivity index is 1.87. The number of piperazine rings is 1. The molecule has 0 aromatic carbocycles. The molecule has 0 aliphatic carbocycles. The maximum Gasteiger partial charge on any atom is 0.338 e. The molecule has 1 atom stereocenters. The first-order valence-electron chi connectivity index (χ1n) is 6.58. The van der Waals surface area contributed by atoms with Gasteiger partial charge in [0.05, 0.1) is 7.11 Å². The molecule has 7 nitrogen and oxygen atoms in total. The number of methoxy groups -OCH3 is 1. The van der Waals surface area contributed by atoms with Crippen LogP contribution in [0.1, 0.15) is 6.92 Å². The van der Waals surface area contributed by atoms with Crippen molar-refractivity contribution in [2.24, 2.45) is 0 Å². The van der Waals surface area contributed by atoms with Gasteiger partial charge in [0, 0.05) is 45.1 Å². The van der Waals surface area contributed by atoms with Crippen molar-refractivity contribution in [3.05, 3.63) is 18.5 Å². The van der Waals surface area contributed by atoms with E-state index in [1.165, 1.54) is 14.0 Å². The number of ether oxygens (including phenoxy) is 1. The van der Waals surface area contributed by atoms with E-state index in [4.69, 9.17) is 0 Å². The average Bonchev–Trinajstić information content (AvgIpc) is 2.47. The lowest BCUT2D eigenvalue weighted by Gasteiger charge is -2.37. The molecule has 20 heavy (non-hydrogen) atoms. The van der Waals surface area contributed by atoms with E-state index in [9.17, 15) is 9.90 Å². The topological polar surface area (TPSA) is 78.8 Å². The van der Waals surface area contributed by atoms with E-state index in [-0.39, 0.29) is 6.54 Å². The van der Waals surface area contributed by atoms with Crippen molar-refractivity contribution in [1.29, 1.82) is 0 Å². The number of carbonyl (C=O) groups excluding carboxylic acids is 1. The molecule has 0 radical (unpaired) electrons. The first kappa shape index (κ1) is 14.7. The second kappa shape index (κ2) is 6.15. The summed E-state index contributed by atoms with van der Waals surface area (Å²) in [7, 11) is 1.28. The van der Waals surface area contributed by atoms with Gasteiger partial charge in [-0.1, -0.05) is 0 Å². The van der Waals surface area contributed by atoms with Crippen molar-refractivity contribution in [3.63, 3.8) is 0 Å². The second-order valence-corrected chi connectivity index (χ2v) is 5.08. The fourth-order valence-corrected chi connectivity index (χ4v) is 2.28. The van der Waals surface area contributed by atoms with Crippen LogP contribution in [0, 0.1) is 0 Å². The SMILES string of the molecule is COC(=O)C(C)(O)CN1CCN(c2ncccn2)CC1. The van der Waals surface area contributed by atoms with Crippen molar-refractivity contribution in [2.45, 2.75) is 12.5 Å². The zero-order chi connectivity index (χ0) is 14.6. The first-order chi connectivity index (χ1) is 9.53. The van der Waals surface area contributed by atoms with E-state index in [2.05, 4.69) is 19.6 Å². The summed E-state index contributed by atoms with van der Waals surface area (Å²) in [6.07, 6.45) is 3.44. The Morgan fingerprint density at radius 3 is 2.50 bits per heavy atom. The molecule has 1 aromatic heterocycles. The largest absolute Gasteiger partial charge is 0.467 e. The molecule has 1 N–H and O–H groups in total. The predicted octanol–water partition coefficient (Wildman–Crippen LogP) is -0.477. The summed E-state index contributed by atoms with van der Waals surface area (Å²) in [4.78, 5) is 24.0. The summed E-state index contributed by atoms with van der Waals surface area (Å²) in [6.45, 7) is 4.76. The van der Waals surface area contributed by atoms with Crippen LogP contribution in [-0.4, -0.2) is 71.4 Å². The quantitative estimate of drug-likeness (QED) is 0.746. The third kappa shape index (κ3) is 3.43. The zero-order valence-electron chi connectivity index (χ0n) is 11.8. The van der Waals surface area contributed by atoms with Crippen LogP contribution in [0.2, 0.25) is 0 Å². The van der Waals surface area contributed by atoms with E-state index in [0.29, 0.717) is 5.95 Å². The highest BCUT2D eigenvalue weighted by atomic mass is 16.5. The summed E-state index contributed by atoms with van der Waals surface area (Å²) in [6, 6.07) is 1.79. The number of carbonyl (C=O) groups is 1. The van der Waals surface area contributed by atoms with E-state index < -0.39 is 11.6 Å². The highest BCUT2D eigenvalue weighted by Gasteiger charge is 2.34. The fraction of sp³-hybridized carbons (Fsp3) is 0.615. The van der Waals surface area contributed by atoms with E-state index in [1.54, 1.807) is 18.5 Å². The summed E-state index contributed by atoms with van der Waals surface area (Å²) >= 11 is 0. The van der Waals surface area contributed by atoms with Crippen molar-refractivity contribution in [3.8, 4) is 0 Å². The molecule has 1 aliphatic rings. The molecule has 0 amide bonds. The van der Waals surface area contributed by atoms with Crippen molar-refractivity contribution in [1.82, 2.24) is 14.9 Å². The minimum Gasteiger partial charge on any atom is -0.467 e. The Morgan fingerprint density at radius 2 is 1.95 bits per heavy atom.